The molecule has 2 fully saturated rings. The molecule has 0 radical (unpaired) electrons. The van der Waals surface area contributed by atoms with Crippen molar-refractivity contribution < 1.29 is 4.79 Å². The predicted octanol–water partition coefficient (Wildman–Crippen LogP) is 1.93. The van der Waals surface area contributed by atoms with E-state index in [1.165, 1.54) is 6.42 Å². The van der Waals surface area contributed by atoms with Crippen molar-refractivity contribution in [1.29, 1.82) is 0 Å². The molecule has 1 saturated heterocycles. The van der Waals surface area contributed by atoms with Crippen LogP contribution in [0.15, 0.2) is 12.1 Å². The Morgan fingerprint density at radius 2 is 2.05 bits per heavy atom. The van der Waals surface area contributed by atoms with Crippen molar-refractivity contribution in [3.05, 3.63) is 29.1 Å². The Morgan fingerprint density at radius 1 is 1.30 bits per heavy atom. The van der Waals surface area contributed by atoms with E-state index >= 15 is 0 Å². The van der Waals surface area contributed by atoms with Crippen LogP contribution < -0.4 is 5.73 Å². The largest absolute Gasteiger partial charge is 0.338 e. The first-order valence-corrected chi connectivity index (χ1v) is 7.05. The summed E-state index contributed by atoms with van der Waals surface area (Å²) >= 11 is 0. The van der Waals surface area contributed by atoms with Gasteiger partial charge >= 0.3 is 0 Å². The summed E-state index contributed by atoms with van der Waals surface area (Å²) in [5, 5.41) is 0. The van der Waals surface area contributed by atoms with Crippen LogP contribution in [0.25, 0.3) is 0 Å². The number of likely N-dealkylation sites (tertiary alicyclic amines) is 1. The quantitative estimate of drug-likeness (QED) is 0.861. The lowest BCUT2D eigenvalue weighted by atomic mass is 9.98. The van der Waals surface area contributed by atoms with Gasteiger partial charge in [-0.25, -0.2) is 0 Å². The number of aromatic nitrogens is 1. The fourth-order valence-corrected chi connectivity index (χ4v) is 3.56. The molecule has 110 valence electrons. The van der Waals surface area contributed by atoms with Crippen LogP contribution in [-0.2, 0) is 0 Å². The van der Waals surface area contributed by atoms with E-state index < -0.39 is 0 Å². The smallest absolute Gasteiger partial charge is 0.255 e. The first kappa shape index (κ1) is 15.3. The Bertz CT molecular complexity index is 520. The highest BCUT2D eigenvalue weighted by molar-refractivity contribution is 5.95. The fourth-order valence-electron chi connectivity index (χ4n) is 3.56. The van der Waals surface area contributed by atoms with Gasteiger partial charge < -0.3 is 10.6 Å². The SMILES string of the molecule is Cc1ccc(C(=O)N2CC3CCC(N)C3C2)c(C)n1.Cl. The van der Waals surface area contributed by atoms with Crippen molar-refractivity contribution in [3.8, 4) is 0 Å². The van der Waals surface area contributed by atoms with Crippen molar-refractivity contribution in [2.75, 3.05) is 13.1 Å². The Labute approximate surface area is 126 Å². The molecule has 0 aromatic carbocycles. The lowest BCUT2D eigenvalue weighted by Crippen LogP contribution is -2.33. The highest BCUT2D eigenvalue weighted by Crippen LogP contribution is 2.37. The molecule has 2 aliphatic rings. The molecule has 1 aromatic heterocycles. The second kappa shape index (κ2) is 5.70. The van der Waals surface area contributed by atoms with Crippen LogP contribution in [0.5, 0.6) is 0 Å². The van der Waals surface area contributed by atoms with Crippen molar-refractivity contribution in [2.24, 2.45) is 17.6 Å². The van der Waals surface area contributed by atoms with Crippen molar-refractivity contribution >= 4 is 18.3 Å². The standard InChI is InChI=1S/C15H21N3O.ClH/c1-9-3-5-12(10(2)17-9)15(19)18-7-11-4-6-14(16)13(11)8-18;/h3,5,11,13-14H,4,6-8,16H2,1-2H3;1H. The molecule has 1 saturated carbocycles. The summed E-state index contributed by atoms with van der Waals surface area (Å²) in [5.74, 6) is 1.23. The van der Waals surface area contributed by atoms with Gasteiger partial charge in [0.25, 0.3) is 5.91 Å². The van der Waals surface area contributed by atoms with Crippen LogP contribution in [0.4, 0.5) is 0 Å². The molecule has 0 spiro atoms. The monoisotopic (exact) mass is 295 g/mol. The average molecular weight is 296 g/mol. The molecular formula is C15H22ClN3O. The number of carbonyl (C=O) groups excluding carboxylic acids is 1. The van der Waals surface area contributed by atoms with E-state index in [9.17, 15) is 4.79 Å². The maximum absolute atomic E-state index is 12.6. The topological polar surface area (TPSA) is 59.2 Å². The molecule has 2 N–H and O–H groups in total. The van der Waals surface area contributed by atoms with E-state index in [2.05, 4.69) is 4.98 Å². The molecule has 3 unspecified atom stereocenters. The van der Waals surface area contributed by atoms with Crippen LogP contribution in [0.3, 0.4) is 0 Å². The van der Waals surface area contributed by atoms with E-state index in [4.69, 9.17) is 5.73 Å². The molecule has 1 aliphatic carbocycles. The van der Waals surface area contributed by atoms with Crippen molar-refractivity contribution in [2.45, 2.75) is 32.7 Å². The van der Waals surface area contributed by atoms with E-state index in [0.717, 1.165) is 36.5 Å². The molecular weight excluding hydrogens is 274 g/mol. The summed E-state index contributed by atoms with van der Waals surface area (Å²) in [4.78, 5) is 18.9. The first-order chi connectivity index (χ1) is 9.06. The number of hydrogen-bond acceptors (Lipinski definition) is 3. The summed E-state index contributed by atoms with van der Waals surface area (Å²) in [7, 11) is 0. The Morgan fingerprint density at radius 3 is 2.70 bits per heavy atom. The van der Waals surface area contributed by atoms with Crippen LogP contribution >= 0.6 is 12.4 Å². The number of hydrogen-bond donors (Lipinski definition) is 1. The number of nitrogens with two attached hydrogens (primary N) is 1. The van der Waals surface area contributed by atoms with Gasteiger partial charge in [0, 0.05) is 24.8 Å². The highest BCUT2D eigenvalue weighted by Gasteiger charge is 2.42. The summed E-state index contributed by atoms with van der Waals surface area (Å²) in [6.07, 6.45) is 2.28. The molecule has 1 aromatic rings. The van der Waals surface area contributed by atoms with Gasteiger partial charge in [-0.05, 0) is 50.7 Å². The zero-order chi connectivity index (χ0) is 13.6. The third-order valence-electron chi connectivity index (χ3n) is 4.66. The average Bonchev–Trinajstić information content (AvgIpc) is 2.91. The third-order valence-corrected chi connectivity index (χ3v) is 4.66. The second-order valence-electron chi connectivity index (χ2n) is 5.96. The molecule has 2 heterocycles. The molecule has 5 heteroatoms. The van der Waals surface area contributed by atoms with Gasteiger partial charge in [-0.2, -0.15) is 0 Å². The Hall–Kier alpha value is -1.13. The number of pyridine rings is 1. The fraction of sp³-hybridized carbons (Fsp3) is 0.600. The van der Waals surface area contributed by atoms with Crippen LogP contribution in [0, 0.1) is 25.7 Å². The first-order valence-electron chi connectivity index (χ1n) is 7.05. The van der Waals surface area contributed by atoms with Crippen molar-refractivity contribution in [3.63, 3.8) is 0 Å². The summed E-state index contributed by atoms with van der Waals surface area (Å²) in [5.41, 5.74) is 8.63. The van der Waals surface area contributed by atoms with Gasteiger partial charge in [-0.1, -0.05) is 0 Å². The van der Waals surface area contributed by atoms with E-state index in [1.54, 1.807) is 0 Å². The number of carbonyl (C=O) groups is 1. The molecule has 3 rings (SSSR count). The van der Waals surface area contributed by atoms with Crippen molar-refractivity contribution in [1.82, 2.24) is 9.88 Å². The predicted molar refractivity (Wildman–Crippen MR) is 81.1 cm³/mol. The number of halogens is 1. The van der Waals surface area contributed by atoms with E-state index in [0.29, 0.717) is 11.8 Å². The minimum atomic E-state index is 0. The van der Waals surface area contributed by atoms with Crippen LogP contribution in [0.2, 0.25) is 0 Å². The van der Waals surface area contributed by atoms with Gasteiger partial charge in [0.05, 0.1) is 11.3 Å². The maximum atomic E-state index is 12.6. The van der Waals surface area contributed by atoms with Crippen LogP contribution in [-0.4, -0.2) is 34.9 Å². The van der Waals surface area contributed by atoms with Gasteiger partial charge in [0.1, 0.15) is 0 Å². The summed E-state index contributed by atoms with van der Waals surface area (Å²) < 4.78 is 0. The van der Waals surface area contributed by atoms with E-state index in [-0.39, 0.29) is 24.4 Å². The molecule has 20 heavy (non-hydrogen) atoms. The van der Waals surface area contributed by atoms with Gasteiger partial charge in [-0.3, -0.25) is 9.78 Å². The van der Waals surface area contributed by atoms with E-state index in [1.807, 2.05) is 30.9 Å². The number of aryl methyl sites for hydroxylation is 2. The van der Waals surface area contributed by atoms with Gasteiger partial charge in [0.15, 0.2) is 0 Å². The minimum Gasteiger partial charge on any atom is -0.338 e. The second-order valence-corrected chi connectivity index (χ2v) is 5.96. The highest BCUT2D eigenvalue weighted by atomic mass is 35.5. The molecule has 1 aliphatic heterocycles. The Kier molecular flexibility index (Phi) is 4.35. The summed E-state index contributed by atoms with van der Waals surface area (Å²) in [6.45, 7) is 5.53. The lowest BCUT2D eigenvalue weighted by Gasteiger charge is -2.19. The molecule has 1 amide bonds. The third kappa shape index (κ3) is 2.54. The summed E-state index contributed by atoms with van der Waals surface area (Å²) in [6, 6.07) is 4.08. The van der Waals surface area contributed by atoms with Crippen LogP contribution in [0.1, 0.15) is 34.6 Å². The molecule has 0 bridgehead atoms. The molecule has 4 nitrogen and oxygen atoms in total. The number of fused-ring (bicyclic) bond motifs is 1. The lowest BCUT2D eigenvalue weighted by molar-refractivity contribution is 0.0778. The zero-order valence-corrected chi connectivity index (χ0v) is 12.8. The number of rotatable bonds is 1. The Balaban J connectivity index is 0.00000147. The maximum Gasteiger partial charge on any atom is 0.255 e. The van der Waals surface area contributed by atoms with Gasteiger partial charge in [0.2, 0.25) is 0 Å². The normalized spacial score (nSPS) is 28.1. The molecule has 3 atom stereocenters. The minimum absolute atomic E-state index is 0. The number of nitrogens with zero attached hydrogens (tertiary/aromatic N) is 2. The zero-order valence-electron chi connectivity index (χ0n) is 12.0. The number of amides is 1. The van der Waals surface area contributed by atoms with Gasteiger partial charge in [-0.15, -0.1) is 12.4 Å².